The van der Waals surface area contributed by atoms with Crippen LogP contribution in [0.4, 0.5) is 5.82 Å². The fraction of sp³-hybridized carbons (Fsp3) is 0.407. The van der Waals surface area contributed by atoms with Gasteiger partial charge in [-0.2, -0.15) is 0 Å². The normalized spacial score (nSPS) is 21.8. The van der Waals surface area contributed by atoms with Crippen molar-refractivity contribution in [3.8, 4) is 11.3 Å². The van der Waals surface area contributed by atoms with E-state index >= 15 is 0 Å². The zero-order valence-corrected chi connectivity index (χ0v) is 20.2. The van der Waals surface area contributed by atoms with E-state index in [1.807, 2.05) is 12.1 Å². The summed E-state index contributed by atoms with van der Waals surface area (Å²) >= 11 is 12.8. The van der Waals surface area contributed by atoms with Crippen molar-refractivity contribution >= 4 is 29.0 Å². The summed E-state index contributed by atoms with van der Waals surface area (Å²) in [4.78, 5) is 10.5. The molecule has 170 valence electrons. The second kappa shape index (κ2) is 8.57. The predicted molar refractivity (Wildman–Crippen MR) is 133 cm³/mol. The lowest BCUT2D eigenvalue weighted by molar-refractivity contribution is 0.0573. The van der Waals surface area contributed by atoms with Gasteiger partial charge in [-0.15, -0.1) is 0 Å². The number of aromatic nitrogens is 2. The Balaban J connectivity index is 1.44. The van der Waals surface area contributed by atoms with E-state index in [9.17, 15) is 0 Å². The Bertz CT molecular complexity index is 1210. The molecule has 3 aromatic rings. The lowest BCUT2D eigenvalue weighted by Gasteiger charge is -2.24. The highest BCUT2D eigenvalue weighted by atomic mass is 35.5. The highest BCUT2D eigenvalue weighted by Crippen LogP contribution is 2.49. The molecule has 0 spiro atoms. The Morgan fingerprint density at radius 3 is 2.45 bits per heavy atom. The maximum atomic E-state index is 6.61. The van der Waals surface area contributed by atoms with E-state index in [4.69, 9.17) is 37.9 Å². The van der Waals surface area contributed by atoms with Gasteiger partial charge in [0, 0.05) is 35.4 Å². The van der Waals surface area contributed by atoms with Crippen molar-refractivity contribution in [3.63, 3.8) is 0 Å². The summed E-state index contributed by atoms with van der Waals surface area (Å²) in [5, 5.41) is 5.05. The first-order valence-electron chi connectivity index (χ1n) is 12.0. The minimum absolute atomic E-state index is 0.0740. The van der Waals surface area contributed by atoms with Gasteiger partial charge in [-0.25, -0.2) is 9.97 Å². The molecule has 4 nitrogen and oxygen atoms in total. The Morgan fingerprint density at radius 1 is 0.970 bits per heavy atom. The van der Waals surface area contributed by atoms with Gasteiger partial charge in [0.25, 0.3) is 0 Å². The lowest BCUT2D eigenvalue weighted by Crippen LogP contribution is -2.26. The third kappa shape index (κ3) is 4.14. The highest BCUT2D eigenvalue weighted by molar-refractivity contribution is 6.36. The van der Waals surface area contributed by atoms with E-state index in [2.05, 4.69) is 36.5 Å². The SMILES string of the molecule is CCO[C@H]1Cc2ccccc2[C@H]1Nc1nc(C2CC2)c(-c2ccc(Cl)cc2Cl)nc1C1CC1. The number of nitrogens with one attached hydrogen (secondary N) is 1. The Morgan fingerprint density at radius 2 is 1.73 bits per heavy atom. The number of fused-ring (bicyclic) bond motifs is 1. The molecular weight excluding hydrogens is 453 g/mol. The minimum Gasteiger partial charge on any atom is -0.376 e. The van der Waals surface area contributed by atoms with Crippen molar-refractivity contribution in [1.82, 2.24) is 9.97 Å². The number of nitrogens with zero attached hydrogens (tertiary/aromatic N) is 2. The third-order valence-corrected chi connectivity index (χ3v) is 7.47. The van der Waals surface area contributed by atoms with Crippen LogP contribution in [0.15, 0.2) is 42.5 Å². The third-order valence-electron chi connectivity index (χ3n) is 6.92. The molecule has 2 saturated carbocycles. The number of hydrogen-bond acceptors (Lipinski definition) is 4. The molecule has 1 heterocycles. The van der Waals surface area contributed by atoms with Crippen molar-refractivity contribution in [2.75, 3.05) is 11.9 Å². The maximum absolute atomic E-state index is 6.61. The molecule has 2 aromatic carbocycles. The molecule has 0 bridgehead atoms. The van der Waals surface area contributed by atoms with Gasteiger partial charge in [0.05, 0.1) is 34.3 Å². The van der Waals surface area contributed by atoms with Crippen LogP contribution in [0.5, 0.6) is 0 Å². The van der Waals surface area contributed by atoms with Crippen LogP contribution in [-0.4, -0.2) is 22.7 Å². The number of halogens is 2. The molecule has 0 amide bonds. The van der Waals surface area contributed by atoms with Gasteiger partial charge >= 0.3 is 0 Å². The highest BCUT2D eigenvalue weighted by Gasteiger charge is 2.38. The first-order valence-corrected chi connectivity index (χ1v) is 12.7. The van der Waals surface area contributed by atoms with Crippen LogP contribution in [0.25, 0.3) is 11.3 Å². The molecule has 3 aliphatic carbocycles. The molecule has 33 heavy (non-hydrogen) atoms. The summed E-state index contributed by atoms with van der Waals surface area (Å²) < 4.78 is 6.16. The van der Waals surface area contributed by atoms with Gasteiger partial charge in [0.2, 0.25) is 0 Å². The minimum atomic E-state index is 0.0740. The van der Waals surface area contributed by atoms with Gasteiger partial charge < -0.3 is 10.1 Å². The van der Waals surface area contributed by atoms with Crippen LogP contribution < -0.4 is 5.32 Å². The molecular formula is C27H27Cl2N3O. The summed E-state index contributed by atoms with van der Waals surface area (Å²) in [5.41, 5.74) is 6.59. The van der Waals surface area contributed by atoms with E-state index in [1.165, 1.54) is 11.1 Å². The van der Waals surface area contributed by atoms with Crippen molar-refractivity contribution in [2.24, 2.45) is 0 Å². The zero-order valence-electron chi connectivity index (χ0n) is 18.7. The van der Waals surface area contributed by atoms with Crippen LogP contribution in [0, 0.1) is 0 Å². The van der Waals surface area contributed by atoms with Crippen molar-refractivity contribution in [2.45, 2.75) is 63.0 Å². The molecule has 6 heteroatoms. The first-order chi connectivity index (χ1) is 16.1. The largest absolute Gasteiger partial charge is 0.376 e. The molecule has 0 radical (unpaired) electrons. The molecule has 1 aromatic heterocycles. The predicted octanol–water partition coefficient (Wildman–Crippen LogP) is 7.32. The number of hydrogen-bond donors (Lipinski definition) is 1. The van der Waals surface area contributed by atoms with Crippen molar-refractivity contribution in [1.29, 1.82) is 0 Å². The molecule has 0 saturated heterocycles. The fourth-order valence-corrected chi connectivity index (χ4v) is 5.47. The summed E-state index contributed by atoms with van der Waals surface area (Å²) in [5.74, 6) is 1.80. The van der Waals surface area contributed by atoms with Crippen molar-refractivity contribution < 1.29 is 4.74 Å². The van der Waals surface area contributed by atoms with Crippen LogP contribution in [0.2, 0.25) is 10.0 Å². The standard InChI is InChI=1S/C27H27Cl2N3O/c1-2-33-22-13-17-5-3-4-6-19(17)25(22)32-27-24(16-9-10-16)30-26(23(31-27)15-7-8-15)20-12-11-18(28)14-21(20)29/h3-6,11-12,14-16,22,25H,2,7-10,13H2,1H3,(H,31,32)/t22-,25+/m0/s1. The van der Waals surface area contributed by atoms with Gasteiger partial charge in [-0.05, 0) is 61.9 Å². The topological polar surface area (TPSA) is 47.0 Å². The van der Waals surface area contributed by atoms with E-state index in [0.29, 0.717) is 28.5 Å². The lowest BCUT2D eigenvalue weighted by atomic mass is 10.0. The Kier molecular flexibility index (Phi) is 5.56. The average Bonchev–Trinajstić information content (AvgIpc) is 3.72. The van der Waals surface area contributed by atoms with Gasteiger partial charge in [0.1, 0.15) is 5.82 Å². The molecule has 0 unspecified atom stereocenters. The van der Waals surface area contributed by atoms with E-state index in [1.54, 1.807) is 6.07 Å². The summed E-state index contributed by atoms with van der Waals surface area (Å²) in [6, 6.07) is 14.4. The number of anilines is 1. The maximum Gasteiger partial charge on any atom is 0.148 e. The van der Waals surface area contributed by atoms with Crippen LogP contribution in [-0.2, 0) is 11.2 Å². The second-order valence-corrected chi connectivity index (χ2v) is 10.2. The molecule has 0 aliphatic heterocycles. The number of rotatable bonds is 7. The van der Waals surface area contributed by atoms with E-state index in [0.717, 1.165) is 60.6 Å². The molecule has 2 atom stereocenters. The van der Waals surface area contributed by atoms with Gasteiger partial charge in [-0.1, -0.05) is 47.5 Å². The monoisotopic (exact) mass is 479 g/mol. The smallest absolute Gasteiger partial charge is 0.148 e. The van der Waals surface area contributed by atoms with Crippen molar-refractivity contribution in [3.05, 3.63) is 75.0 Å². The Hall–Kier alpha value is -2.14. The van der Waals surface area contributed by atoms with E-state index in [-0.39, 0.29) is 12.1 Å². The zero-order chi connectivity index (χ0) is 22.5. The average molecular weight is 480 g/mol. The van der Waals surface area contributed by atoms with Crippen LogP contribution in [0.3, 0.4) is 0 Å². The molecule has 1 N–H and O–H groups in total. The summed E-state index contributed by atoms with van der Waals surface area (Å²) in [6.07, 6.45) is 5.59. The molecule has 3 aliphatic rings. The summed E-state index contributed by atoms with van der Waals surface area (Å²) in [7, 11) is 0. The van der Waals surface area contributed by atoms with E-state index < -0.39 is 0 Å². The number of benzene rings is 2. The Labute approximate surface area is 204 Å². The second-order valence-electron chi connectivity index (χ2n) is 9.38. The van der Waals surface area contributed by atoms with Gasteiger partial charge in [0.15, 0.2) is 0 Å². The van der Waals surface area contributed by atoms with Crippen LogP contribution >= 0.6 is 23.2 Å². The summed E-state index contributed by atoms with van der Waals surface area (Å²) in [6.45, 7) is 2.75. The molecule has 2 fully saturated rings. The number of ether oxygens (including phenoxy) is 1. The fourth-order valence-electron chi connectivity index (χ4n) is 4.98. The molecule has 6 rings (SSSR count). The van der Waals surface area contributed by atoms with Crippen LogP contribution in [0.1, 0.15) is 73.0 Å². The quantitative estimate of drug-likeness (QED) is 0.385. The van der Waals surface area contributed by atoms with Gasteiger partial charge in [-0.3, -0.25) is 0 Å². The first kappa shape index (κ1) is 21.4.